The van der Waals surface area contributed by atoms with Crippen LogP contribution in [-0.2, 0) is 13.1 Å². The van der Waals surface area contributed by atoms with Gasteiger partial charge in [-0.1, -0.05) is 39.3 Å². The fourth-order valence-corrected chi connectivity index (χ4v) is 3.07. The molecule has 28 heavy (non-hydrogen) atoms. The van der Waals surface area contributed by atoms with Gasteiger partial charge in [-0.3, -0.25) is 14.3 Å². The van der Waals surface area contributed by atoms with Gasteiger partial charge in [0.25, 0.3) is 5.56 Å². The van der Waals surface area contributed by atoms with Gasteiger partial charge in [0.1, 0.15) is 11.5 Å². The topological polar surface area (TPSA) is 121 Å². The molecular weight excluding hydrogens is 360 g/mol. The number of carboxylic acid groups (broad SMARTS) is 1. The van der Waals surface area contributed by atoms with Gasteiger partial charge >= 0.3 is 11.7 Å². The Balaban J connectivity index is 2.46. The summed E-state index contributed by atoms with van der Waals surface area (Å²) in [7, 11) is 0. The van der Waals surface area contributed by atoms with E-state index in [1.807, 2.05) is 25.7 Å². The van der Waals surface area contributed by atoms with Crippen molar-refractivity contribution in [2.75, 3.05) is 17.2 Å². The SMILES string of the molecule is CCCCn1c(N)c(N(Cc2ccc(C(=O)O)cc2)CC(C)C)c(=O)[nH]c1=O. The summed E-state index contributed by atoms with van der Waals surface area (Å²) in [6, 6.07) is 6.49. The van der Waals surface area contributed by atoms with Crippen LogP contribution < -0.4 is 21.9 Å². The van der Waals surface area contributed by atoms with Crippen LogP contribution in [0.4, 0.5) is 11.5 Å². The molecule has 4 N–H and O–H groups in total. The lowest BCUT2D eigenvalue weighted by molar-refractivity contribution is 0.0697. The zero-order chi connectivity index (χ0) is 20.8. The van der Waals surface area contributed by atoms with Crippen molar-refractivity contribution >= 4 is 17.5 Å². The van der Waals surface area contributed by atoms with Crippen LogP contribution >= 0.6 is 0 Å². The summed E-state index contributed by atoms with van der Waals surface area (Å²) in [5.74, 6) is -0.590. The molecule has 8 nitrogen and oxygen atoms in total. The first kappa shape index (κ1) is 21.3. The Bertz CT molecular complexity index is 929. The monoisotopic (exact) mass is 388 g/mol. The standard InChI is InChI=1S/C20H28N4O4/c1-4-5-10-24-17(21)16(18(25)22-20(24)28)23(11-13(2)3)12-14-6-8-15(9-7-14)19(26)27/h6-9,13H,4-5,10-12,21H2,1-3H3,(H,26,27)(H,22,25,28). The lowest BCUT2D eigenvalue weighted by Crippen LogP contribution is -2.39. The number of benzene rings is 1. The molecule has 0 aliphatic heterocycles. The number of aromatic amines is 1. The molecule has 0 atom stereocenters. The van der Waals surface area contributed by atoms with E-state index in [9.17, 15) is 14.4 Å². The molecule has 0 saturated heterocycles. The predicted octanol–water partition coefficient (Wildman–Crippen LogP) is 2.28. The maximum atomic E-state index is 12.6. The lowest BCUT2D eigenvalue weighted by Gasteiger charge is -2.28. The van der Waals surface area contributed by atoms with Crippen molar-refractivity contribution in [3.05, 3.63) is 56.2 Å². The number of hydrogen-bond donors (Lipinski definition) is 3. The van der Waals surface area contributed by atoms with Crippen LogP contribution in [0, 0.1) is 5.92 Å². The van der Waals surface area contributed by atoms with E-state index in [1.54, 1.807) is 12.1 Å². The molecule has 0 aliphatic rings. The van der Waals surface area contributed by atoms with Gasteiger partial charge in [0, 0.05) is 19.6 Å². The van der Waals surface area contributed by atoms with Crippen LogP contribution in [0.1, 0.15) is 49.5 Å². The third kappa shape index (κ3) is 5.03. The van der Waals surface area contributed by atoms with Crippen LogP contribution in [0.5, 0.6) is 0 Å². The maximum absolute atomic E-state index is 12.6. The number of anilines is 2. The first-order valence-electron chi connectivity index (χ1n) is 9.44. The number of unbranched alkanes of at least 4 members (excludes halogenated alkanes) is 1. The molecule has 8 heteroatoms. The molecule has 2 rings (SSSR count). The second-order valence-corrected chi connectivity index (χ2v) is 7.27. The van der Waals surface area contributed by atoms with Gasteiger partial charge in [0.15, 0.2) is 0 Å². The predicted molar refractivity (Wildman–Crippen MR) is 110 cm³/mol. The van der Waals surface area contributed by atoms with Crippen molar-refractivity contribution in [3.63, 3.8) is 0 Å². The number of nitrogens with one attached hydrogen (secondary N) is 1. The molecular formula is C20H28N4O4. The molecule has 2 aromatic rings. The number of carboxylic acids is 1. The van der Waals surface area contributed by atoms with E-state index >= 15 is 0 Å². The summed E-state index contributed by atoms with van der Waals surface area (Å²) in [6.45, 7) is 7.43. The second kappa shape index (κ2) is 9.25. The lowest BCUT2D eigenvalue weighted by atomic mass is 10.1. The van der Waals surface area contributed by atoms with E-state index in [0.717, 1.165) is 18.4 Å². The number of nitrogen functional groups attached to an aromatic ring is 1. The van der Waals surface area contributed by atoms with E-state index in [1.165, 1.54) is 16.7 Å². The third-order valence-corrected chi connectivity index (χ3v) is 4.43. The van der Waals surface area contributed by atoms with Crippen LogP contribution in [0.25, 0.3) is 0 Å². The number of aromatic carboxylic acids is 1. The highest BCUT2D eigenvalue weighted by Crippen LogP contribution is 2.21. The Morgan fingerprint density at radius 3 is 2.43 bits per heavy atom. The van der Waals surface area contributed by atoms with Crippen molar-refractivity contribution in [2.24, 2.45) is 5.92 Å². The number of carbonyl (C=O) groups is 1. The zero-order valence-corrected chi connectivity index (χ0v) is 16.6. The minimum absolute atomic E-state index is 0.157. The van der Waals surface area contributed by atoms with Crippen molar-refractivity contribution < 1.29 is 9.90 Å². The van der Waals surface area contributed by atoms with Gasteiger partial charge in [-0.2, -0.15) is 0 Å². The maximum Gasteiger partial charge on any atom is 0.335 e. The highest BCUT2D eigenvalue weighted by molar-refractivity contribution is 5.87. The molecule has 1 aromatic heterocycles. The zero-order valence-electron chi connectivity index (χ0n) is 16.6. The summed E-state index contributed by atoms with van der Waals surface area (Å²) in [6.07, 6.45) is 1.67. The average Bonchev–Trinajstić information content (AvgIpc) is 2.61. The van der Waals surface area contributed by atoms with Gasteiger partial charge in [0.2, 0.25) is 0 Å². The van der Waals surface area contributed by atoms with Crippen LogP contribution in [-0.4, -0.2) is 27.2 Å². The normalized spacial score (nSPS) is 11.0. The molecule has 1 heterocycles. The molecule has 0 radical (unpaired) electrons. The van der Waals surface area contributed by atoms with Gasteiger partial charge in [-0.25, -0.2) is 9.59 Å². The number of hydrogen-bond acceptors (Lipinski definition) is 5. The van der Waals surface area contributed by atoms with Crippen LogP contribution in [0.2, 0.25) is 0 Å². The number of nitrogens with zero attached hydrogens (tertiary/aromatic N) is 2. The first-order valence-corrected chi connectivity index (χ1v) is 9.44. The number of rotatable bonds is 9. The minimum atomic E-state index is -0.991. The number of aromatic nitrogens is 2. The number of H-pyrrole nitrogens is 1. The Labute approximate surface area is 163 Å². The van der Waals surface area contributed by atoms with Crippen molar-refractivity contribution in [2.45, 2.75) is 46.7 Å². The molecule has 0 bridgehead atoms. The summed E-state index contributed by atoms with van der Waals surface area (Å²) in [5.41, 5.74) is 6.54. The average molecular weight is 388 g/mol. The molecule has 0 unspecified atom stereocenters. The van der Waals surface area contributed by atoms with E-state index in [0.29, 0.717) is 19.6 Å². The molecule has 152 valence electrons. The fourth-order valence-electron chi connectivity index (χ4n) is 3.07. The van der Waals surface area contributed by atoms with Crippen LogP contribution in [0.3, 0.4) is 0 Å². The van der Waals surface area contributed by atoms with Crippen LogP contribution in [0.15, 0.2) is 33.9 Å². The van der Waals surface area contributed by atoms with Crippen molar-refractivity contribution in [3.8, 4) is 0 Å². The molecule has 0 fully saturated rings. The van der Waals surface area contributed by atoms with E-state index in [2.05, 4.69) is 4.98 Å². The highest BCUT2D eigenvalue weighted by Gasteiger charge is 2.20. The molecule has 1 aromatic carbocycles. The molecule has 0 amide bonds. The van der Waals surface area contributed by atoms with Gasteiger partial charge in [-0.15, -0.1) is 0 Å². The Morgan fingerprint density at radius 2 is 1.89 bits per heavy atom. The Hall–Kier alpha value is -3.03. The Morgan fingerprint density at radius 1 is 1.25 bits per heavy atom. The van der Waals surface area contributed by atoms with Crippen molar-refractivity contribution in [1.29, 1.82) is 0 Å². The summed E-state index contributed by atoms with van der Waals surface area (Å²) in [4.78, 5) is 40.0. The number of nitrogens with two attached hydrogens (primary N) is 1. The second-order valence-electron chi connectivity index (χ2n) is 7.27. The quantitative estimate of drug-likeness (QED) is 0.606. The largest absolute Gasteiger partial charge is 0.478 e. The highest BCUT2D eigenvalue weighted by atomic mass is 16.4. The van der Waals surface area contributed by atoms with E-state index < -0.39 is 17.2 Å². The summed E-state index contributed by atoms with van der Waals surface area (Å²) < 4.78 is 1.40. The smallest absolute Gasteiger partial charge is 0.335 e. The fraction of sp³-hybridized carbons (Fsp3) is 0.450. The van der Waals surface area contributed by atoms with Gasteiger partial charge in [0.05, 0.1) is 5.56 Å². The molecule has 0 aliphatic carbocycles. The van der Waals surface area contributed by atoms with Gasteiger partial charge < -0.3 is 15.7 Å². The van der Waals surface area contributed by atoms with E-state index in [4.69, 9.17) is 10.8 Å². The van der Waals surface area contributed by atoms with Crippen molar-refractivity contribution in [1.82, 2.24) is 9.55 Å². The Kier molecular flexibility index (Phi) is 7.03. The first-order chi connectivity index (χ1) is 13.2. The third-order valence-electron chi connectivity index (χ3n) is 4.43. The molecule has 0 spiro atoms. The summed E-state index contributed by atoms with van der Waals surface area (Å²) in [5, 5.41) is 9.05. The summed E-state index contributed by atoms with van der Waals surface area (Å²) >= 11 is 0. The van der Waals surface area contributed by atoms with Gasteiger partial charge in [-0.05, 0) is 30.0 Å². The molecule has 0 saturated carbocycles. The minimum Gasteiger partial charge on any atom is -0.478 e. The van der Waals surface area contributed by atoms with E-state index in [-0.39, 0.29) is 23.0 Å².